The van der Waals surface area contributed by atoms with Gasteiger partial charge in [-0.05, 0) is 46.5 Å². The van der Waals surface area contributed by atoms with Crippen molar-refractivity contribution in [3.63, 3.8) is 0 Å². The molecule has 1 atom stereocenters. The first-order chi connectivity index (χ1) is 9.74. The number of nitrogens with one attached hydrogen (secondary N) is 1. The van der Waals surface area contributed by atoms with Crippen molar-refractivity contribution in [3.05, 3.63) is 0 Å². The van der Waals surface area contributed by atoms with Crippen LogP contribution in [-0.4, -0.2) is 46.4 Å². The van der Waals surface area contributed by atoms with Crippen molar-refractivity contribution in [2.24, 2.45) is 0 Å². The summed E-state index contributed by atoms with van der Waals surface area (Å²) in [5, 5.41) is 3.10. The van der Waals surface area contributed by atoms with Crippen LogP contribution in [0, 0.1) is 0 Å². The van der Waals surface area contributed by atoms with E-state index in [1.165, 1.54) is 0 Å². The fourth-order valence-corrected chi connectivity index (χ4v) is 3.40. The van der Waals surface area contributed by atoms with Crippen LogP contribution >= 0.6 is 12.6 Å². The Labute approximate surface area is 132 Å². The lowest BCUT2D eigenvalue weighted by Crippen LogP contribution is -2.45. The summed E-state index contributed by atoms with van der Waals surface area (Å²) in [6.45, 7) is 6.33. The number of thiol groups is 1. The minimum Gasteiger partial charge on any atom is -0.444 e. The summed E-state index contributed by atoms with van der Waals surface area (Å²) in [4.78, 5) is 25.6. The van der Waals surface area contributed by atoms with Crippen molar-refractivity contribution >= 4 is 24.6 Å². The molecular weight excluding hydrogens is 288 g/mol. The molecule has 2 amide bonds. The van der Waals surface area contributed by atoms with Crippen LogP contribution in [0.5, 0.6) is 0 Å². The third kappa shape index (κ3) is 4.80. The first kappa shape index (κ1) is 16.5. The highest BCUT2D eigenvalue weighted by molar-refractivity contribution is 7.81. The van der Waals surface area contributed by atoms with Gasteiger partial charge < -0.3 is 15.0 Å². The van der Waals surface area contributed by atoms with Crippen LogP contribution in [-0.2, 0) is 9.53 Å². The van der Waals surface area contributed by atoms with Gasteiger partial charge in [-0.15, -0.1) is 0 Å². The fourth-order valence-electron chi connectivity index (χ4n) is 3.07. The SMILES string of the molecule is CC(C)(C)OC(=O)NC1CCC(N2CC(S)CC2=O)CC1. The molecule has 0 radical (unpaired) electrons. The van der Waals surface area contributed by atoms with Crippen LogP contribution in [0.4, 0.5) is 4.79 Å². The van der Waals surface area contributed by atoms with E-state index in [9.17, 15) is 9.59 Å². The molecule has 21 heavy (non-hydrogen) atoms. The number of likely N-dealkylation sites (tertiary alicyclic amines) is 1. The summed E-state index contributed by atoms with van der Waals surface area (Å²) in [5.74, 6) is 0.221. The molecule has 1 aliphatic heterocycles. The van der Waals surface area contributed by atoms with Gasteiger partial charge in [0.1, 0.15) is 5.60 Å². The van der Waals surface area contributed by atoms with Gasteiger partial charge >= 0.3 is 6.09 Å². The zero-order valence-electron chi connectivity index (χ0n) is 13.1. The molecule has 0 spiro atoms. The summed E-state index contributed by atoms with van der Waals surface area (Å²) < 4.78 is 5.27. The minimum absolute atomic E-state index is 0.153. The Hall–Kier alpha value is -0.910. The number of ether oxygens (including phenoxy) is 1. The monoisotopic (exact) mass is 314 g/mol. The van der Waals surface area contributed by atoms with Gasteiger partial charge in [0.25, 0.3) is 0 Å². The Morgan fingerprint density at radius 3 is 2.38 bits per heavy atom. The quantitative estimate of drug-likeness (QED) is 0.769. The maximum absolute atomic E-state index is 11.9. The molecule has 0 bridgehead atoms. The lowest BCUT2D eigenvalue weighted by atomic mass is 9.90. The van der Waals surface area contributed by atoms with Crippen LogP contribution in [0.25, 0.3) is 0 Å². The van der Waals surface area contributed by atoms with Crippen molar-refractivity contribution in [1.29, 1.82) is 0 Å². The van der Waals surface area contributed by atoms with Crippen LogP contribution in [0.15, 0.2) is 0 Å². The molecular formula is C15H26N2O3S. The molecule has 1 saturated carbocycles. The average Bonchev–Trinajstić information content (AvgIpc) is 2.67. The second-order valence-electron chi connectivity index (χ2n) is 7.06. The molecule has 0 aromatic heterocycles. The summed E-state index contributed by atoms with van der Waals surface area (Å²) in [7, 11) is 0. The normalized spacial score (nSPS) is 30.4. The molecule has 2 aliphatic rings. The summed E-state index contributed by atoms with van der Waals surface area (Å²) in [5.41, 5.74) is -0.467. The predicted octanol–water partition coefficient (Wildman–Crippen LogP) is 2.35. The molecule has 6 heteroatoms. The van der Waals surface area contributed by atoms with Crippen molar-refractivity contribution in [1.82, 2.24) is 10.2 Å². The van der Waals surface area contributed by atoms with Gasteiger partial charge in [-0.25, -0.2) is 4.79 Å². The third-order valence-electron chi connectivity index (χ3n) is 4.00. The highest BCUT2D eigenvalue weighted by Crippen LogP contribution is 2.28. The Morgan fingerprint density at radius 1 is 1.29 bits per heavy atom. The lowest BCUT2D eigenvalue weighted by molar-refractivity contribution is -0.130. The van der Waals surface area contributed by atoms with Gasteiger partial charge in [-0.3, -0.25) is 4.79 Å². The minimum atomic E-state index is -0.467. The molecule has 120 valence electrons. The number of hydrogen-bond donors (Lipinski definition) is 2. The average molecular weight is 314 g/mol. The van der Waals surface area contributed by atoms with Crippen LogP contribution in [0.1, 0.15) is 52.9 Å². The number of hydrogen-bond acceptors (Lipinski definition) is 4. The van der Waals surface area contributed by atoms with Gasteiger partial charge in [-0.1, -0.05) is 0 Å². The predicted molar refractivity (Wildman–Crippen MR) is 84.5 cm³/mol. The van der Waals surface area contributed by atoms with Gasteiger partial charge in [0, 0.05) is 30.3 Å². The number of amides is 2. The maximum Gasteiger partial charge on any atom is 0.407 e. The Morgan fingerprint density at radius 2 is 1.90 bits per heavy atom. The zero-order valence-corrected chi connectivity index (χ0v) is 14.0. The Kier molecular flexibility index (Phi) is 5.07. The van der Waals surface area contributed by atoms with E-state index in [4.69, 9.17) is 4.74 Å². The molecule has 1 heterocycles. The molecule has 1 aliphatic carbocycles. The molecule has 0 aromatic rings. The van der Waals surface area contributed by atoms with Crippen LogP contribution in [0.2, 0.25) is 0 Å². The first-order valence-electron chi connectivity index (χ1n) is 7.71. The molecule has 1 unspecified atom stereocenters. The van der Waals surface area contributed by atoms with E-state index < -0.39 is 5.60 Å². The highest BCUT2D eigenvalue weighted by atomic mass is 32.1. The van der Waals surface area contributed by atoms with Crippen molar-refractivity contribution in [2.75, 3.05) is 6.54 Å². The van der Waals surface area contributed by atoms with E-state index in [-0.39, 0.29) is 23.3 Å². The fraction of sp³-hybridized carbons (Fsp3) is 0.867. The first-order valence-corrected chi connectivity index (χ1v) is 8.23. The van der Waals surface area contributed by atoms with E-state index in [0.717, 1.165) is 32.2 Å². The number of nitrogens with zero attached hydrogens (tertiary/aromatic N) is 1. The van der Waals surface area contributed by atoms with Crippen LogP contribution < -0.4 is 5.32 Å². The summed E-state index contributed by atoms with van der Waals surface area (Å²) >= 11 is 4.40. The van der Waals surface area contributed by atoms with Gasteiger partial charge in [-0.2, -0.15) is 12.6 Å². The molecule has 1 saturated heterocycles. The second-order valence-corrected chi connectivity index (χ2v) is 7.79. The lowest BCUT2D eigenvalue weighted by Gasteiger charge is -2.35. The van der Waals surface area contributed by atoms with Gasteiger partial charge in [0.15, 0.2) is 0 Å². The second kappa shape index (κ2) is 6.46. The van der Waals surface area contributed by atoms with Crippen molar-refractivity contribution in [3.8, 4) is 0 Å². The van der Waals surface area contributed by atoms with Crippen molar-refractivity contribution < 1.29 is 14.3 Å². The zero-order chi connectivity index (χ0) is 15.6. The number of carbonyl (C=O) groups excluding carboxylic acids is 2. The van der Waals surface area contributed by atoms with Crippen molar-refractivity contribution in [2.45, 2.75) is 75.8 Å². The maximum atomic E-state index is 11.9. The summed E-state index contributed by atoms with van der Waals surface area (Å²) in [6.07, 6.45) is 3.87. The molecule has 5 nitrogen and oxygen atoms in total. The molecule has 2 rings (SSSR count). The van der Waals surface area contributed by atoms with E-state index in [2.05, 4.69) is 17.9 Å². The molecule has 2 fully saturated rings. The topological polar surface area (TPSA) is 58.6 Å². The van der Waals surface area contributed by atoms with E-state index in [1.54, 1.807) is 0 Å². The number of rotatable bonds is 2. The highest BCUT2D eigenvalue weighted by Gasteiger charge is 2.35. The number of carbonyl (C=O) groups is 2. The third-order valence-corrected chi connectivity index (χ3v) is 4.34. The largest absolute Gasteiger partial charge is 0.444 e. The Balaban J connectivity index is 1.76. The van der Waals surface area contributed by atoms with E-state index in [0.29, 0.717) is 12.5 Å². The Bertz CT molecular complexity index is 400. The number of alkyl carbamates (subject to hydrolysis) is 1. The smallest absolute Gasteiger partial charge is 0.407 e. The van der Waals surface area contributed by atoms with Gasteiger partial charge in [0.05, 0.1) is 0 Å². The van der Waals surface area contributed by atoms with Gasteiger partial charge in [0.2, 0.25) is 5.91 Å². The molecule has 1 N–H and O–H groups in total. The van der Waals surface area contributed by atoms with E-state index in [1.807, 2.05) is 25.7 Å². The summed E-state index contributed by atoms with van der Waals surface area (Å²) in [6, 6.07) is 0.465. The van der Waals surface area contributed by atoms with E-state index >= 15 is 0 Å². The van der Waals surface area contributed by atoms with Crippen LogP contribution in [0.3, 0.4) is 0 Å². The molecule has 0 aromatic carbocycles. The standard InChI is InChI=1S/C15H26N2O3S/c1-15(2,3)20-14(19)16-10-4-6-11(7-5-10)17-9-12(21)8-13(17)18/h10-12,21H,4-9H2,1-3H3,(H,16,19).